The molecular weight excluding hydrogens is 274 g/mol. The summed E-state index contributed by atoms with van der Waals surface area (Å²) in [5, 5.41) is 4.01. The van der Waals surface area contributed by atoms with Gasteiger partial charge in [0.15, 0.2) is 11.6 Å². The highest BCUT2D eigenvalue weighted by molar-refractivity contribution is 9.10. The van der Waals surface area contributed by atoms with Crippen LogP contribution in [-0.2, 0) is 0 Å². The van der Waals surface area contributed by atoms with Crippen LogP contribution in [0.1, 0.15) is 10.5 Å². The van der Waals surface area contributed by atoms with Gasteiger partial charge >= 0.3 is 0 Å². The number of nitrogens with zero attached hydrogens (tertiary/aromatic N) is 3. The van der Waals surface area contributed by atoms with E-state index in [-0.39, 0.29) is 5.69 Å². The third-order valence-corrected chi connectivity index (χ3v) is 2.53. The largest absolute Gasteiger partial charge is 0.381 e. The van der Waals surface area contributed by atoms with Crippen LogP contribution in [0.3, 0.4) is 0 Å². The molecule has 7 heteroatoms. The zero-order valence-electron chi connectivity index (χ0n) is 8.09. The summed E-state index contributed by atoms with van der Waals surface area (Å²) in [6.45, 7) is 0. The maximum absolute atomic E-state index is 11.0. The zero-order valence-corrected chi connectivity index (χ0v) is 9.68. The Morgan fingerprint density at radius 2 is 2.19 bits per heavy atom. The fraction of sp³-hybridized carbons (Fsp3) is 0. The van der Waals surface area contributed by atoms with Crippen molar-refractivity contribution in [2.45, 2.75) is 0 Å². The number of nitrogens with two attached hydrogens (primary N) is 2. The van der Waals surface area contributed by atoms with Gasteiger partial charge in [-0.25, -0.2) is 9.67 Å². The molecule has 0 aliphatic rings. The Balaban J connectivity index is 2.48. The number of carbonyl (C=O) groups excluding carboxylic acids is 1. The van der Waals surface area contributed by atoms with Crippen molar-refractivity contribution in [3.63, 3.8) is 0 Å². The van der Waals surface area contributed by atoms with Crippen LogP contribution in [0.25, 0.3) is 5.82 Å². The minimum absolute atomic E-state index is 0.183. The SMILES string of the molecule is NC(=O)c1cccc(-n2cc(Br)c(N)n2)n1. The van der Waals surface area contributed by atoms with Gasteiger partial charge in [-0.15, -0.1) is 5.10 Å². The lowest BCUT2D eigenvalue weighted by atomic mass is 10.3. The highest BCUT2D eigenvalue weighted by atomic mass is 79.9. The van der Waals surface area contributed by atoms with Gasteiger partial charge in [0.1, 0.15) is 5.69 Å². The molecule has 0 aliphatic carbocycles. The van der Waals surface area contributed by atoms with Gasteiger partial charge < -0.3 is 11.5 Å². The summed E-state index contributed by atoms with van der Waals surface area (Å²) in [6.07, 6.45) is 1.66. The lowest BCUT2D eigenvalue weighted by Gasteiger charge is -2.01. The monoisotopic (exact) mass is 281 g/mol. The van der Waals surface area contributed by atoms with Crippen molar-refractivity contribution in [2.75, 3.05) is 5.73 Å². The zero-order chi connectivity index (χ0) is 11.7. The molecule has 0 radical (unpaired) electrons. The Labute approximate surface area is 99.4 Å². The molecule has 16 heavy (non-hydrogen) atoms. The number of halogens is 1. The molecule has 4 N–H and O–H groups in total. The first-order chi connectivity index (χ1) is 7.58. The fourth-order valence-electron chi connectivity index (χ4n) is 1.17. The third-order valence-electron chi connectivity index (χ3n) is 1.92. The van der Waals surface area contributed by atoms with Crippen molar-refractivity contribution < 1.29 is 4.79 Å². The molecule has 2 rings (SSSR count). The summed E-state index contributed by atoms with van der Waals surface area (Å²) in [5.41, 5.74) is 10.9. The van der Waals surface area contributed by atoms with E-state index >= 15 is 0 Å². The van der Waals surface area contributed by atoms with Crippen LogP contribution in [0.4, 0.5) is 5.82 Å². The van der Waals surface area contributed by atoms with Gasteiger partial charge in [0, 0.05) is 6.20 Å². The second kappa shape index (κ2) is 3.93. The van der Waals surface area contributed by atoms with Crippen molar-refractivity contribution in [3.05, 3.63) is 34.6 Å². The molecule has 0 atom stereocenters. The molecule has 2 aromatic heterocycles. The average molecular weight is 282 g/mol. The van der Waals surface area contributed by atoms with Crippen molar-refractivity contribution in [1.82, 2.24) is 14.8 Å². The number of anilines is 1. The van der Waals surface area contributed by atoms with Gasteiger partial charge in [0.05, 0.1) is 4.47 Å². The van der Waals surface area contributed by atoms with Crippen molar-refractivity contribution in [2.24, 2.45) is 5.73 Å². The Hall–Kier alpha value is -1.89. The standard InChI is InChI=1S/C9H8BrN5O/c10-5-4-15(14-8(5)11)7-3-1-2-6(13-7)9(12)16/h1-4H,(H2,11,14)(H2,12,16). The van der Waals surface area contributed by atoms with E-state index in [1.165, 1.54) is 10.7 Å². The molecule has 0 unspecified atom stereocenters. The number of primary amides is 1. The predicted molar refractivity (Wildman–Crippen MR) is 62.0 cm³/mol. The maximum atomic E-state index is 11.0. The van der Waals surface area contributed by atoms with Gasteiger partial charge in [0.25, 0.3) is 5.91 Å². The number of amides is 1. The summed E-state index contributed by atoms with van der Waals surface area (Å²) >= 11 is 3.23. The molecule has 6 nitrogen and oxygen atoms in total. The molecule has 0 saturated carbocycles. The summed E-state index contributed by atoms with van der Waals surface area (Å²) < 4.78 is 2.13. The van der Waals surface area contributed by atoms with Crippen LogP contribution in [0, 0.1) is 0 Å². The smallest absolute Gasteiger partial charge is 0.267 e. The molecule has 82 valence electrons. The number of hydrogen-bond acceptors (Lipinski definition) is 4. The van der Waals surface area contributed by atoms with E-state index in [0.717, 1.165) is 0 Å². The van der Waals surface area contributed by atoms with Gasteiger partial charge in [-0.1, -0.05) is 6.07 Å². The molecule has 2 heterocycles. The quantitative estimate of drug-likeness (QED) is 0.847. The van der Waals surface area contributed by atoms with Crippen molar-refractivity contribution >= 4 is 27.7 Å². The summed E-state index contributed by atoms with van der Waals surface area (Å²) in [6, 6.07) is 4.91. The minimum Gasteiger partial charge on any atom is -0.381 e. The Bertz CT molecular complexity index is 531. The van der Waals surface area contributed by atoms with Gasteiger partial charge in [-0.05, 0) is 28.1 Å². The fourth-order valence-corrected chi connectivity index (χ4v) is 1.44. The molecule has 1 amide bonds. The van der Waals surface area contributed by atoms with Crippen molar-refractivity contribution in [3.8, 4) is 5.82 Å². The molecule has 0 saturated heterocycles. The lowest BCUT2D eigenvalue weighted by Crippen LogP contribution is -2.14. The highest BCUT2D eigenvalue weighted by Crippen LogP contribution is 2.18. The van der Waals surface area contributed by atoms with E-state index in [2.05, 4.69) is 26.0 Å². The van der Waals surface area contributed by atoms with Crippen LogP contribution in [0.5, 0.6) is 0 Å². The first-order valence-electron chi connectivity index (χ1n) is 4.36. The number of aromatic nitrogens is 3. The predicted octanol–water partition coefficient (Wildman–Crippen LogP) is 0.711. The Morgan fingerprint density at radius 3 is 2.75 bits per heavy atom. The van der Waals surface area contributed by atoms with Crippen LogP contribution in [0.15, 0.2) is 28.9 Å². The molecule has 0 fully saturated rings. The van der Waals surface area contributed by atoms with Gasteiger partial charge in [0.2, 0.25) is 0 Å². The highest BCUT2D eigenvalue weighted by Gasteiger charge is 2.07. The number of hydrogen-bond donors (Lipinski definition) is 2. The Morgan fingerprint density at radius 1 is 1.44 bits per heavy atom. The Kier molecular flexibility index (Phi) is 2.61. The van der Waals surface area contributed by atoms with E-state index < -0.39 is 5.91 Å². The minimum atomic E-state index is -0.582. The van der Waals surface area contributed by atoms with Crippen LogP contribution >= 0.6 is 15.9 Å². The molecule has 0 bridgehead atoms. The lowest BCUT2D eigenvalue weighted by molar-refractivity contribution is 0.0995. The van der Waals surface area contributed by atoms with Crippen LogP contribution < -0.4 is 11.5 Å². The van der Waals surface area contributed by atoms with Crippen LogP contribution in [-0.4, -0.2) is 20.7 Å². The second-order valence-electron chi connectivity index (χ2n) is 3.05. The second-order valence-corrected chi connectivity index (χ2v) is 3.91. The topological polar surface area (TPSA) is 99.8 Å². The third kappa shape index (κ3) is 1.89. The first-order valence-corrected chi connectivity index (χ1v) is 5.15. The number of pyridine rings is 1. The molecule has 0 aromatic carbocycles. The summed E-state index contributed by atoms with van der Waals surface area (Å²) in [7, 11) is 0. The van der Waals surface area contributed by atoms with E-state index in [4.69, 9.17) is 11.5 Å². The molecule has 0 aliphatic heterocycles. The number of carbonyl (C=O) groups is 1. The summed E-state index contributed by atoms with van der Waals surface area (Å²) in [4.78, 5) is 15.0. The first kappa shape index (κ1) is 10.6. The molecule has 0 spiro atoms. The van der Waals surface area contributed by atoms with E-state index in [0.29, 0.717) is 16.1 Å². The van der Waals surface area contributed by atoms with Crippen molar-refractivity contribution in [1.29, 1.82) is 0 Å². The van der Waals surface area contributed by atoms with E-state index in [1.54, 1.807) is 18.3 Å². The number of nitrogen functional groups attached to an aromatic ring is 1. The molecule has 2 aromatic rings. The van der Waals surface area contributed by atoms with Gasteiger partial charge in [-0.3, -0.25) is 4.79 Å². The average Bonchev–Trinajstić information content (AvgIpc) is 2.59. The van der Waals surface area contributed by atoms with E-state index in [1.807, 2.05) is 0 Å². The summed E-state index contributed by atoms with van der Waals surface area (Å²) in [5.74, 6) is 0.251. The van der Waals surface area contributed by atoms with E-state index in [9.17, 15) is 4.79 Å². The maximum Gasteiger partial charge on any atom is 0.267 e. The number of rotatable bonds is 2. The van der Waals surface area contributed by atoms with Crippen LogP contribution in [0.2, 0.25) is 0 Å². The van der Waals surface area contributed by atoms with Gasteiger partial charge in [-0.2, -0.15) is 0 Å². The molecular formula is C9H8BrN5O. The normalized spacial score (nSPS) is 10.3.